The van der Waals surface area contributed by atoms with E-state index in [4.69, 9.17) is 4.74 Å². The molecule has 0 amide bonds. The van der Waals surface area contributed by atoms with Gasteiger partial charge in [-0.3, -0.25) is 0 Å². The summed E-state index contributed by atoms with van der Waals surface area (Å²) in [5.41, 5.74) is 2.44. The fourth-order valence-electron chi connectivity index (χ4n) is 2.09. The lowest BCUT2D eigenvalue weighted by Gasteiger charge is -2.09. The third kappa shape index (κ3) is 4.65. The van der Waals surface area contributed by atoms with E-state index in [1.165, 1.54) is 5.56 Å². The summed E-state index contributed by atoms with van der Waals surface area (Å²) in [6.45, 7) is 7.51. The van der Waals surface area contributed by atoms with Crippen molar-refractivity contribution in [1.29, 1.82) is 0 Å². The van der Waals surface area contributed by atoms with Gasteiger partial charge in [0.15, 0.2) is 0 Å². The van der Waals surface area contributed by atoms with Gasteiger partial charge in [0.05, 0.1) is 5.69 Å². The van der Waals surface area contributed by atoms with Crippen LogP contribution in [0, 0.1) is 6.92 Å². The molecule has 4 nitrogen and oxygen atoms in total. The van der Waals surface area contributed by atoms with Gasteiger partial charge < -0.3 is 14.6 Å². The molecule has 0 spiro atoms. The highest BCUT2D eigenvalue weighted by molar-refractivity contribution is 7.07. The quantitative estimate of drug-likeness (QED) is 0.721. The van der Waals surface area contributed by atoms with E-state index >= 15 is 0 Å². The molecule has 0 radical (unpaired) electrons. The number of nitrogens with zero attached hydrogens (tertiary/aromatic N) is 2. The molecule has 20 heavy (non-hydrogen) atoms. The molecule has 0 saturated heterocycles. The van der Waals surface area contributed by atoms with Gasteiger partial charge in [-0.2, -0.15) is 11.3 Å². The van der Waals surface area contributed by atoms with Crippen molar-refractivity contribution in [2.45, 2.75) is 33.2 Å². The monoisotopic (exact) mass is 293 g/mol. The molecule has 2 aromatic rings. The van der Waals surface area contributed by atoms with Gasteiger partial charge >= 0.3 is 0 Å². The van der Waals surface area contributed by atoms with Gasteiger partial charge in [0.2, 0.25) is 5.95 Å². The number of imidazole rings is 1. The number of hydrogen-bond donors (Lipinski definition) is 1. The van der Waals surface area contributed by atoms with E-state index in [0.717, 1.165) is 50.8 Å². The average Bonchev–Trinajstić information content (AvgIpc) is 3.05. The molecule has 110 valence electrons. The second-order valence-corrected chi connectivity index (χ2v) is 5.54. The maximum absolute atomic E-state index is 5.38. The summed E-state index contributed by atoms with van der Waals surface area (Å²) in [7, 11) is 0. The highest BCUT2D eigenvalue weighted by Gasteiger charge is 2.05. The first kappa shape index (κ1) is 15.1. The van der Waals surface area contributed by atoms with Gasteiger partial charge in [-0.15, -0.1) is 0 Å². The summed E-state index contributed by atoms with van der Waals surface area (Å²) < 4.78 is 7.56. The van der Waals surface area contributed by atoms with Crippen molar-refractivity contribution < 1.29 is 4.74 Å². The van der Waals surface area contributed by atoms with Crippen LogP contribution in [-0.2, 0) is 17.7 Å². The Morgan fingerprint density at radius 3 is 3.10 bits per heavy atom. The fourth-order valence-corrected chi connectivity index (χ4v) is 2.80. The molecule has 0 saturated carbocycles. The molecule has 0 aromatic carbocycles. The molecule has 0 aliphatic rings. The Morgan fingerprint density at radius 2 is 2.35 bits per heavy atom. The lowest BCUT2D eigenvalue weighted by molar-refractivity contribution is 0.142. The zero-order valence-electron chi connectivity index (χ0n) is 12.3. The molecule has 0 bridgehead atoms. The van der Waals surface area contributed by atoms with E-state index < -0.39 is 0 Å². The number of aromatic nitrogens is 2. The highest BCUT2D eigenvalue weighted by atomic mass is 32.1. The van der Waals surface area contributed by atoms with Gasteiger partial charge in [0, 0.05) is 32.5 Å². The summed E-state index contributed by atoms with van der Waals surface area (Å²) >= 11 is 1.75. The fraction of sp³-hybridized carbons (Fsp3) is 0.533. The molecular formula is C15H23N3OS. The zero-order valence-corrected chi connectivity index (χ0v) is 13.1. The van der Waals surface area contributed by atoms with Crippen LogP contribution >= 0.6 is 11.3 Å². The third-order valence-electron chi connectivity index (χ3n) is 3.07. The first-order valence-electron chi connectivity index (χ1n) is 7.16. The van der Waals surface area contributed by atoms with Crippen molar-refractivity contribution in [3.8, 4) is 0 Å². The SMILES string of the molecule is CCOCCCn1cc(C)nc1NCCc1ccsc1. The van der Waals surface area contributed by atoms with E-state index in [1.807, 2.05) is 13.8 Å². The van der Waals surface area contributed by atoms with Crippen molar-refractivity contribution in [2.24, 2.45) is 0 Å². The molecule has 0 aliphatic heterocycles. The van der Waals surface area contributed by atoms with Crippen LogP contribution in [0.25, 0.3) is 0 Å². The molecule has 2 rings (SSSR count). The van der Waals surface area contributed by atoms with Gasteiger partial charge in [-0.25, -0.2) is 4.98 Å². The number of ether oxygens (including phenoxy) is 1. The van der Waals surface area contributed by atoms with Crippen LogP contribution in [0.2, 0.25) is 0 Å². The predicted molar refractivity (Wildman–Crippen MR) is 84.6 cm³/mol. The van der Waals surface area contributed by atoms with Gasteiger partial charge in [-0.1, -0.05) is 0 Å². The van der Waals surface area contributed by atoms with Crippen molar-refractivity contribution >= 4 is 17.3 Å². The van der Waals surface area contributed by atoms with Crippen LogP contribution in [0.5, 0.6) is 0 Å². The Balaban J connectivity index is 1.80. The minimum Gasteiger partial charge on any atom is -0.382 e. The molecule has 0 atom stereocenters. The predicted octanol–water partition coefficient (Wildman–Crippen LogP) is 3.33. The largest absolute Gasteiger partial charge is 0.382 e. The zero-order chi connectivity index (χ0) is 14.2. The van der Waals surface area contributed by atoms with Crippen LogP contribution < -0.4 is 5.32 Å². The minimum atomic E-state index is 0.786. The van der Waals surface area contributed by atoms with Gasteiger partial charge in [0.25, 0.3) is 0 Å². The normalized spacial score (nSPS) is 10.9. The molecule has 5 heteroatoms. The van der Waals surface area contributed by atoms with Crippen molar-refractivity contribution in [2.75, 3.05) is 25.1 Å². The Kier molecular flexibility index (Phi) is 6.08. The molecule has 2 aromatic heterocycles. The van der Waals surface area contributed by atoms with Crippen molar-refractivity contribution in [3.05, 3.63) is 34.3 Å². The number of hydrogen-bond acceptors (Lipinski definition) is 4. The number of nitrogens with one attached hydrogen (secondary N) is 1. The maximum Gasteiger partial charge on any atom is 0.203 e. The van der Waals surface area contributed by atoms with E-state index in [9.17, 15) is 0 Å². The molecular weight excluding hydrogens is 270 g/mol. The topological polar surface area (TPSA) is 39.1 Å². The van der Waals surface area contributed by atoms with Crippen LogP contribution in [-0.4, -0.2) is 29.3 Å². The summed E-state index contributed by atoms with van der Waals surface area (Å²) in [5.74, 6) is 0.967. The number of aryl methyl sites for hydroxylation is 2. The first-order valence-corrected chi connectivity index (χ1v) is 8.10. The van der Waals surface area contributed by atoms with Crippen molar-refractivity contribution in [1.82, 2.24) is 9.55 Å². The highest BCUT2D eigenvalue weighted by Crippen LogP contribution is 2.11. The van der Waals surface area contributed by atoms with E-state index in [-0.39, 0.29) is 0 Å². The molecule has 0 unspecified atom stereocenters. The summed E-state index contributed by atoms with van der Waals surface area (Å²) in [6.07, 6.45) is 4.15. The summed E-state index contributed by atoms with van der Waals surface area (Å²) in [5, 5.41) is 7.74. The Morgan fingerprint density at radius 1 is 1.45 bits per heavy atom. The lowest BCUT2D eigenvalue weighted by atomic mass is 10.2. The minimum absolute atomic E-state index is 0.786. The van der Waals surface area contributed by atoms with Crippen molar-refractivity contribution in [3.63, 3.8) is 0 Å². The summed E-state index contributed by atoms with van der Waals surface area (Å²) in [4.78, 5) is 4.54. The van der Waals surface area contributed by atoms with Crippen LogP contribution in [0.3, 0.4) is 0 Å². The van der Waals surface area contributed by atoms with Gasteiger partial charge in [-0.05, 0) is 49.1 Å². The second-order valence-electron chi connectivity index (χ2n) is 4.76. The maximum atomic E-state index is 5.38. The summed E-state index contributed by atoms with van der Waals surface area (Å²) in [6, 6.07) is 2.17. The van der Waals surface area contributed by atoms with Crippen LogP contribution in [0.4, 0.5) is 5.95 Å². The van der Waals surface area contributed by atoms with E-state index in [1.54, 1.807) is 11.3 Å². The molecule has 0 aliphatic carbocycles. The lowest BCUT2D eigenvalue weighted by Crippen LogP contribution is -2.11. The van der Waals surface area contributed by atoms with E-state index in [0.29, 0.717) is 0 Å². The molecule has 2 heterocycles. The van der Waals surface area contributed by atoms with Crippen LogP contribution in [0.1, 0.15) is 24.6 Å². The molecule has 1 N–H and O–H groups in total. The Hall–Kier alpha value is -1.33. The van der Waals surface area contributed by atoms with Crippen LogP contribution in [0.15, 0.2) is 23.0 Å². The smallest absolute Gasteiger partial charge is 0.203 e. The number of anilines is 1. The third-order valence-corrected chi connectivity index (χ3v) is 3.80. The number of rotatable bonds is 9. The first-order chi connectivity index (χ1) is 9.79. The number of thiophene rings is 1. The van der Waals surface area contributed by atoms with Gasteiger partial charge in [0.1, 0.15) is 0 Å². The standard InChI is InChI=1S/C15H23N3OS/c1-3-19-9-4-8-18-11-13(2)17-15(18)16-7-5-14-6-10-20-12-14/h6,10-12H,3-5,7-9H2,1-2H3,(H,16,17). The molecule has 0 fully saturated rings. The van der Waals surface area contributed by atoms with E-state index in [2.05, 4.69) is 37.9 Å². The Bertz CT molecular complexity index is 493. The average molecular weight is 293 g/mol. The Labute approximate surface area is 124 Å². The second kappa shape index (κ2) is 8.07.